The largest absolute Gasteiger partial charge is 0.410 e. The highest BCUT2D eigenvalue weighted by atomic mass is 16.6. The van der Waals surface area contributed by atoms with Gasteiger partial charge in [0.1, 0.15) is 11.4 Å². The maximum Gasteiger partial charge on any atom is 0.161 e. The Kier molecular flexibility index (Phi) is 1.86. The SMILES string of the molecule is On1cc(C2=NOc3ccccc3C2)nn1. The first-order valence-electron chi connectivity index (χ1n) is 4.77. The van der Waals surface area contributed by atoms with Gasteiger partial charge in [0, 0.05) is 12.0 Å². The Bertz CT molecular complexity index is 561. The molecule has 0 unspecified atom stereocenters. The van der Waals surface area contributed by atoms with E-state index in [1.165, 1.54) is 6.20 Å². The maximum absolute atomic E-state index is 9.03. The van der Waals surface area contributed by atoms with Gasteiger partial charge in [-0.2, -0.15) is 0 Å². The van der Waals surface area contributed by atoms with Gasteiger partial charge < -0.3 is 10.0 Å². The van der Waals surface area contributed by atoms with E-state index in [9.17, 15) is 0 Å². The second-order valence-corrected chi connectivity index (χ2v) is 3.44. The van der Waals surface area contributed by atoms with Gasteiger partial charge in [-0.25, -0.2) is 0 Å². The van der Waals surface area contributed by atoms with Crippen molar-refractivity contribution in [3.05, 3.63) is 41.7 Å². The fourth-order valence-electron chi connectivity index (χ4n) is 1.58. The van der Waals surface area contributed by atoms with Crippen LogP contribution in [0.4, 0.5) is 0 Å². The molecule has 1 aromatic carbocycles. The minimum absolute atomic E-state index is 0.511. The summed E-state index contributed by atoms with van der Waals surface area (Å²) in [4.78, 5) is 5.88. The number of hydrogen-bond donors (Lipinski definition) is 1. The summed E-state index contributed by atoms with van der Waals surface area (Å²) in [6, 6.07) is 7.66. The van der Waals surface area contributed by atoms with Crippen LogP contribution in [0.25, 0.3) is 0 Å². The number of benzene rings is 1. The molecule has 1 aliphatic rings. The van der Waals surface area contributed by atoms with E-state index in [2.05, 4.69) is 15.5 Å². The number of aromatic nitrogens is 3. The molecule has 1 aromatic heterocycles. The highest BCUT2D eigenvalue weighted by Crippen LogP contribution is 2.23. The van der Waals surface area contributed by atoms with Crippen LogP contribution in [0.5, 0.6) is 5.75 Å². The Morgan fingerprint density at radius 1 is 1.31 bits per heavy atom. The lowest BCUT2D eigenvalue weighted by Gasteiger charge is -2.13. The van der Waals surface area contributed by atoms with Crippen LogP contribution in [0.1, 0.15) is 11.3 Å². The summed E-state index contributed by atoms with van der Waals surface area (Å²) in [7, 11) is 0. The van der Waals surface area contributed by atoms with Gasteiger partial charge in [0.15, 0.2) is 5.75 Å². The molecular weight excluding hydrogens is 208 g/mol. The molecule has 0 fully saturated rings. The predicted molar refractivity (Wildman–Crippen MR) is 54.5 cm³/mol. The molecule has 0 bridgehead atoms. The van der Waals surface area contributed by atoms with Gasteiger partial charge in [0.2, 0.25) is 0 Å². The Morgan fingerprint density at radius 3 is 3.00 bits per heavy atom. The van der Waals surface area contributed by atoms with Crippen LogP contribution in [-0.4, -0.2) is 26.1 Å². The monoisotopic (exact) mass is 216 g/mol. The highest BCUT2D eigenvalue weighted by Gasteiger charge is 2.17. The van der Waals surface area contributed by atoms with Crippen molar-refractivity contribution < 1.29 is 10.0 Å². The molecule has 16 heavy (non-hydrogen) atoms. The van der Waals surface area contributed by atoms with Crippen LogP contribution >= 0.6 is 0 Å². The fraction of sp³-hybridized carbons (Fsp3) is 0.100. The van der Waals surface area contributed by atoms with E-state index in [4.69, 9.17) is 10.0 Å². The van der Waals surface area contributed by atoms with E-state index >= 15 is 0 Å². The second kappa shape index (κ2) is 3.34. The molecule has 0 aliphatic carbocycles. The van der Waals surface area contributed by atoms with Crippen molar-refractivity contribution in [1.82, 2.24) is 15.2 Å². The molecule has 80 valence electrons. The molecule has 0 amide bonds. The summed E-state index contributed by atoms with van der Waals surface area (Å²) in [5.41, 5.74) is 2.20. The molecule has 0 atom stereocenters. The number of rotatable bonds is 1. The second-order valence-electron chi connectivity index (χ2n) is 3.44. The molecule has 1 aliphatic heterocycles. The maximum atomic E-state index is 9.03. The van der Waals surface area contributed by atoms with Gasteiger partial charge in [-0.05, 0) is 11.3 Å². The summed E-state index contributed by atoms with van der Waals surface area (Å²) in [6.45, 7) is 0. The van der Waals surface area contributed by atoms with E-state index in [0.717, 1.165) is 11.3 Å². The van der Waals surface area contributed by atoms with Crippen molar-refractivity contribution >= 4 is 5.71 Å². The Morgan fingerprint density at radius 2 is 2.19 bits per heavy atom. The first kappa shape index (κ1) is 8.90. The highest BCUT2D eigenvalue weighted by molar-refractivity contribution is 6.00. The average Bonchev–Trinajstić information content (AvgIpc) is 2.75. The normalized spacial score (nSPS) is 13.9. The minimum Gasteiger partial charge on any atom is -0.410 e. The predicted octanol–water partition coefficient (Wildman–Crippen LogP) is 0.855. The third-order valence-electron chi connectivity index (χ3n) is 2.36. The van der Waals surface area contributed by atoms with Crippen LogP contribution in [-0.2, 0) is 6.42 Å². The van der Waals surface area contributed by atoms with Gasteiger partial charge in [-0.1, -0.05) is 28.2 Å². The smallest absolute Gasteiger partial charge is 0.161 e. The zero-order valence-electron chi connectivity index (χ0n) is 8.24. The van der Waals surface area contributed by atoms with E-state index in [-0.39, 0.29) is 0 Å². The third kappa shape index (κ3) is 1.40. The third-order valence-corrected chi connectivity index (χ3v) is 2.36. The molecule has 0 saturated carbocycles. The first-order valence-corrected chi connectivity index (χ1v) is 4.77. The molecule has 0 radical (unpaired) electrons. The van der Waals surface area contributed by atoms with Crippen LogP contribution in [0, 0.1) is 0 Å². The number of para-hydroxylation sites is 1. The van der Waals surface area contributed by atoms with Gasteiger partial charge in [-0.3, -0.25) is 0 Å². The lowest BCUT2D eigenvalue weighted by molar-refractivity contribution is 0.143. The lowest BCUT2D eigenvalue weighted by Crippen LogP contribution is -2.13. The van der Waals surface area contributed by atoms with Crippen LogP contribution in [0.15, 0.2) is 35.6 Å². The molecule has 2 aromatic rings. The Hall–Kier alpha value is -2.37. The molecule has 2 heterocycles. The first-order chi connectivity index (χ1) is 7.83. The summed E-state index contributed by atoms with van der Waals surface area (Å²) in [5, 5.41) is 20.2. The van der Waals surface area contributed by atoms with Crippen LogP contribution in [0.2, 0.25) is 0 Å². The summed E-state index contributed by atoms with van der Waals surface area (Å²) < 4.78 is 0. The summed E-state index contributed by atoms with van der Waals surface area (Å²) >= 11 is 0. The van der Waals surface area contributed by atoms with Crippen molar-refractivity contribution in [1.29, 1.82) is 0 Å². The lowest BCUT2D eigenvalue weighted by atomic mass is 10.1. The van der Waals surface area contributed by atoms with Crippen LogP contribution in [0.3, 0.4) is 0 Å². The van der Waals surface area contributed by atoms with Gasteiger partial charge in [-0.15, -0.1) is 5.10 Å². The fourth-order valence-corrected chi connectivity index (χ4v) is 1.58. The molecule has 0 spiro atoms. The van der Waals surface area contributed by atoms with Crippen molar-refractivity contribution in [3.63, 3.8) is 0 Å². The number of nitrogens with zero attached hydrogens (tertiary/aromatic N) is 4. The molecule has 0 saturated heterocycles. The standard InChI is InChI=1S/C10H8N4O2/c15-14-6-9(11-13-14)8-5-7-3-1-2-4-10(7)16-12-8/h1-4,6,15H,5H2. The molecule has 3 rings (SSSR count). The zero-order chi connectivity index (χ0) is 11.0. The summed E-state index contributed by atoms with van der Waals surface area (Å²) in [6.07, 6.45) is 2.00. The molecule has 6 heteroatoms. The topological polar surface area (TPSA) is 72.5 Å². The number of hydrogen-bond acceptors (Lipinski definition) is 5. The van der Waals surface area contributed by atoms with Gasteiger partial charge in [0.25, 0.3) is 0 Å². The molecule has 6 nitrogen and oxygen atoms in total. The van der Waals surface area contributed by atoms with E-state index in [1.54, 1.807) is 0 Å². The number of fused-ring (bicyclic) bond motifs is 1. The van der Waals surface area contributed by atoms with Crippen molar-refractivity contribution in [2.45, 2.75) is 6.42 Å². The van der Waals surface area contributed by atoms with E-state index in [0.29, 0.717) is 22.7 Å². The average molecular weight is 216 g/mol. The van der Waals surface area contributed by atoms with Crippen LogP contribution < -0.4 is 4.84 Å². The quantitative estimate of drug-likeness (QED) is 0.717. The van der Waals surface area contributed by atoms with Gasteiger partial charge >= 0.3 is 0 Å². The van der Waals surface area contributed by atoms with Crippen molar-refractivity contribution in [2.75, 3.05) is 0 Å². The van der Waals surface area contributed by atoms with Crippen molar-refractivity contribution in [3.8, 4) is 5.75 Å². The van der Waals surface area contributed by atoms with Crippen molar-refractivity contribution in [2.24, 2.45) is 5.16 Å². The Balaban J connectivity index is 1.95. The molecular formula is C10H8N4O2. The van der Waals surface area contributed by atoms with E-state index in [1.807, 2.05) is 24.3 Å². The van der Waals surface area contributed by atoms with E-state index < -0.39 is 0 Å². The number of oxime groups is 1. The zero-order valence-corrected chi connectivity index (χ0v) is 8.24. The Labute approximate surface area is 90.7 Å². The summed E-state index contributed by atoms with van der Waals surface area (Å²) in [5.74, 6) is 0.752. The van der Waals surface area contributed by atoms with Gasteiger partial charge in [0.05, 0.1) is 6.20 Å². The molecule has 1 N–H and O–H groups in total. The minimum atomic E-state index is 0.511.